The Morgan fingerprint density at radius 1 is 0.315 bits per heavy atom. The molecule has 0 N–H and O–H groups in total. The minimum atomic E-state index is -1.50. The fourth-order valence-electron chi connectivity index (χ4n) is 17.1. The number of hydrogen-bond donors (Lipinski definition) is 0. The Morgan fingerprint density at radius 2 is 0.671 bits per heavy atom. The second-order valence-electron chi connectivity index (χ2n) is 41.2. The molecule has 12 aromatic heterocycles. The van der Waals surface area contributed by atoms with Crippen LogP contribution in [0, 0.1) is 42.3 Å². The molecule has 12 nitrogen and oxygen atoms in total. The van der Waals surface area contributed by atoms with E-state index in [1.54, 1.807) is 24.7 Å². The fraction of sp³-hybridized carbons (Fsp3) is 0.227. The van der Waals surface area contributed by atoms with Gasteiger partial charge < -0.3 is 43.2 Å². The van der Waals surface area contributed by atoms with E-state index in [4.69, 9.17) is 31.4 Å². The molecule has 0 fully saturated rings. The number of aromatic nitrogens is 9. The van der Waals surface area contributed by atoms with Crippen molar-refractivity contribution in [2.45, 2.75) is 184 Å². The molecule has 21 aromatic rings. The third-order valence-corrected chi connectivity index (χ3v) is 30.8. The van der Waals surface area contributed by atoms with Crippen LogP contribution in [0.5, 0.6) is 0 Å². The van der Waals surface area contributed by atoms with E-state index in [9.17, 15) is 0 Å². The van der Waals surface area contributed by atoms with Crippen molar-refractivity contribution in [1.82, 2.24) is 44.9 Å². The summed E-state index contributed by atoms with van der Waals surface area (Å²) in [5.41, 5.74) is 27.0. The summed E-state index contributed by atoms with van der Waals surface area (Å²) in [6.45, 7) is 46.5. The van der Waals surface area contributed by atoms with Gasteiger partial charge in [0.2, 0.25) is 17.1 Å². The molecule has 146 heavy (non-hydrogen) atoms. The first kappa shape index (κ1) is 102. The summed E-state index contributed by atoms with van der Waals surface area (Å²) in [6, 6.07) is 113. The first-order valence-corrected chi connectivity index (χ1v) is 59.3. The quantitative estimate of drug-likeness (QED) is 0.0593. The first-order chi connectivity index (χ1) is 70.5. The summed E-state index contributed by atoms with van der Waals surface area (Å²) in [5.74, 6) is -2.65. The van der Waals surface area contributed by atoms with E-state index in [2.05, 4.69) is 224 Å². The van der Waals surface area contributed by atoms with Crippen LogP contribution in [0.25, 0.3) is 167 Å². The van der Waals surface area contributed by atoms with E-state index in [-0.39, 0.29) is 71.6 Å². The summed E-state index contributed by atoms with van der Waals surface area (Å²) in [6.07, 6.45) is 11.5. The van der Waals surface area contributed by atoms with Gasteiger partial charge >= 0.3 is 0 Å². The molecule has 12 heterocycles. The summed E-state index contributed by atoms with van der Waals surface area (Å²) < 4.78 is 68.4. The molecule has 3 radical (unpaired) electrons. The van der Waals surface area contributed by atoms with Crippen LogP contribution in [0.4, 0.5) is 0 Å². The second kappa shape index (κ2) is 48.8. The Bertz CT molecular complexity index is 7830. The van der Waals surface area contributed by atoms with Gasteiger partial charge in [0, 0.05) is 139 Å². The molecule has 0 saturated carbocycles. The second-order valence-corrected chi connectivity index (χ2v) is 56.3. The molecule has 0 saturated heterocycles. The van der Waals surface area contributed by atoms with E-state index in [0.717, 1.165) is 161 Å². The third-order valence-electron chi connectivity index (χ3n) is 24.8. The molecule has 0 aliphatic carbocycles. The van der Waals surface area contributed by atoms with Crippen molar-refractivity contribution in [2.24, 2.45) is 5.92 Å². The summed E-state index contributed by atoms with van der Waals surface area (Å²) in [7, 11) is -4.51. The number of furan rings is 3. The van der Waals surface area contributed by atoms with E-state index in [1.165, 1.54) is 21.1 Å². The minimum absolute atomic E-state index is 0. The number of pyridine rings is 9. The Kier molecular flexibility index (Phi) is 34.1. The molecule has 0 atom stereocenters. The van der Waals surface area contributed by atoms with Crippen LogP contribution in [0.15, 0.2) is 342 Å². The zero-order chi connectivity index (χ0) is 107. The standard InChI is InChI=1S/2C26H21N2O.C25H19N2O.3C17H22NSi.3Ir/c1-26(2,3)19-13-14-27-23(16-19)18-9-12-24-21(15-18)20-10-11-22(28-25(20)29-24)17-7-5-4-6-8-17;1-17(2)14-18-10-12-27-23(15-18)20-8-9-24-22(16-20)25-21(11-13-28-26(25)29-24)19-6-4-3-5-7-19;1-16(2)18-12-13-26-23(15-18)19-8-11-24-21(14-19)20-9-10-22(27-25(20)28-24)17-6-4-3-5-7-17;3*1-13(2)15-11-16(14-9-7-6-8-10-14)18-12-17(15)19(3,4)5;;;/h4-8,10-16H,1-3H3;3-7,9-13,15-17H,14H2,1-2H3;3-7,9-16H,1-2H3;3*6-9,11-13H,1-5H3;;;/q6*-1;;;/i;14D2;16D;3*13D;;;. The molecule has 0 aliphatic rings. The molecule has 21 rings (SSSR count). The molecule has 0 aliphatic heterocycles. The molecule has 0 spiro atoms. The van der Waals surface area contributed by atoms with E-state index in [1.807, 2.05) is 300 Å². The van der Waals surface area contributed by atoms with Gasteiger partial charge in [-0.1, -0.05) is 320 Å². The Labute approximate surface area is 914 Å². The van der Waals surface area contributed by atoms with E-state index >= 15 is 0 Å². The first-order valence-electron chi connectivity index (χ1n) is 51.8. The van der Waals surface area contributed by atoms with Crippen LogP contribution in [0.1, 0.15) is 155 Å². The number of rotatable bonds is 18. The largest absolute Gasteiger partial charge is 0.486 e. The zero-order valence-electron chi connectivity index (χ0n) is 93.0. The molecule has 9 aromatic carbocycles. The Balaban J connectivity index is 0.000000153. The van der Waals surface area contributed by atoms with Crippen molar-refractivity contribution in [2.75, 3.05) is 0 Å². The van der Waals surface area contributed by atoms with Crippen molar-refractivity contribution in [3.63, 3.8) is 0 Å². The van der Waals surface area contributed by atoms with Gasteiger partial charge in [-0.15, -0.1) is 179 Å². The number of hydrogen-bond acceptors (Lipinski definition) is 12. The number of benzene rings is 9. The molecular weight excluding hydrogens is 2370 g/mol. The van der Waals surface area contributed by atoms with Crippen LogP contribution < -0.4 is 15.6 Å². The third kappa shape index (κ3) is 27.0. The maximum Gasteiger partial charge on any atom is 0.216 e. The Hall–Kier alpha value is -12.7. The summed E-state index contributed by atoms with van der Waals surface area (Å²) in [4.78, 5) is 41.3. The predicted molar refractivity (Wildman–Crippen MR) is 605 cm³/mol. The zero-order valence-corrected chi connectivity index (χ0v) is 97.2. The van der Waals surface area contributed by atoms with Gasteiger partial charge in [0.05, 0.1) is 52.4 Å². The van der Waals surface area contributed by atoms with E-state index in [0.29, 0.717) is 34.0 Å². The normalized spacial score (nSPS) is 12.5. The van der Waals surface area contributed by atoms with Crippen molar-refractivity contribution in [3.05, 3.63) is 398 Å². The number of nitrogens with zero attached hydrogens (tertiary/aromatic N) is 9. The van der Waals surface area contributed by atoms with Crippen molar-refractivity contribution < 1.29 is 81.8 Å². The van der Waals surface area contributed by atoms with Gasteiger partial charge in [0.25, 0.3) is 0 Å². The fourth-order valence-corrected chi connectivity index (χ4v) is 21.9. The van der Waals surface area contributed by atoms with Crippen LogP contribution in [0.2, 0.25) is 58.9 Å². The Morgan fingerprint density at radius 3 is 1.05 bits per heavy atom. The van der Waals surface area contributed by atoms with E-state index < -0.39 is 54.2 Å². The van der Waals surface area contributed by atoms with Crippen LogP contribution in [-0.4, -0.2) is 69.1 Å². The molecule has 18 heteroatoms. The van der Waals surface area contributed by atoms with Gasteiger partial charge in [-0.2, -0.15) is 0 Å². The molecular formula is C128H127Ir3N9O3Si3-6. The average Bonchev–Trinajstić information content (AvgIpc) is 1.58. The summed E-state index contributed by atoms with van der Waals surface area (Å²) >= 11 is 0. The molecule has 0 amide bonds. The monoisotopic (exact) mass is 2510 g/mol. The average molecular weight is 2510 g/mol. The van der Waals surface area contributed by atoms with Gasteiger partial charge in [0.1, 0.15) is 0 Å². The van der Waals surface area contributed by atoms with Crippen molar-refractivity contribution in [1.29, 1.82) is 0 Å². The van der Waals surface area contributed by atoms with Crippen molar-refractivity contribution in [3.8, 4) is 101 Å². The summed E-state index contributed by atoms with van der Waals surface area (Å²) in [5, 5.41) is 9.70. The molecule has 0 bridgehead atoms. The molecule has 0 unspecified atom stereocenters. The van der Waals surface area contributed by atoms with Gasteiger partial charge in [-0.25, -0.2) is 15.0 Å². The SMILES string of the molecule is CC(C)(C)c1ccnc(-c2[c-]cc3oc4nc(-c5ccccc5)ccc4c3c2)c1.[2H]C(C)(C)c1cc(-c2[c-]cccc2)ncc1[Si](C)(C)C.[2H]C(C)(C)c1cc(-c2[c-]cccc2)ncc1[Si](C)(C)C.[2H]C(C)(C)c1cc(-c2[c-]cccc2)ncc1[Si](C)(C)C.[2H]C(C)(C)c1ccnc(-c2[c-]cc3oc4nc(-c5ccccc5)ccc4c3c2)c1.[2H]C([2H])(c1ccnc(-c2[c-]cc3oc4nccc(-c5ccccc5)c4c3c2)c1)C(C)C.[Ir].[Ir].[Ir]. The number of fused-ring (bicyclic) bond motifs is 9. The minimum Gasteiger partial charge on any atom is -0.486 e. The van der Waals surface area contributed by atoms with Crippen LogP contribution >= 0.6 is 0 Å². The molecule has 747 valence electrons. The van der Waals surface area contributed by atoms with Gasteiger partial charge in [-0.3, -0.25) is 0 Å². The van der Waals surface area contributed by atoms with Crippen LogP contribution in [-0.2, 0) is 72.1 Å². The van der Waals surface area contributed by atoms with Gasteiger partial charge in [-0.05, 0) is 156 Å². The van der Waals surface area contributed by atoms with Gasteiger partial charge in [0.15, 0.2) is 0 Å². The van der Waals surface area contributed by atoms with Crippen LogP contribution in [0.3, 0.4) is 0 Å². The van der Waals surface area contributed by atoms with Crippen molar-refractivity contribution >= 4 is 106 Å². The smallest absolute Gasteiger partial charge is 0.216 e. The topological polar surface area (TPSA) is 155 Å². The predicted octanol–water partition coefficient (Wildman–Crippen LogP) is 32.8. The maximum absolute atomic E-state index is 8.44. The maximum atomic E-state index is 8.44.